The van der Waals surface area contributed by atoms with E-state index in [1.54, 1.807) is 12.1 Å². The van der Waals surface area contributed by atoms with E-state index in [1.807, 2.05) is 6.92 Å². The Morgan fingerprint density at radius 2 is 1.94 bits per heavy atom. The number of rotatable bonds is 5. The van der Waals surface area contributed by atoms with Gasteiger partial charge in [0.2, 0.25) is 10.0 Å². The van der Waals surface area contributed by atoms with E-state index in [2.05, 4.69) is 9.46 Å². The highest BCUT2D eigenvalue weighted by atomic mass is 32.2. The van der Waals surface area contributed by atoms with Crippen LogP contribution in [0.25, 0.3) is 0 Å². The van der Waals surface area contributed by atoms with Gasteiger partial charge in [0, 0.05) is 12.6 Å². The minimum Gasteiger partial charge on any atom is -0.466 e. The minimum atomic E-state index is -3.54. The molecule has 18 heavy (non-hydrogen) atoms. The number of ether oxygens (including phenoxy) is 1. The molecule has 1 rings (SSSR count). The van der Waals surface area contributed by atoms with Crippen LogP contribution in [0, 0.1) is 6.92 Å². The van der Waals surface area contributed by atoms with Gasteiger partial charge in [-0.05, 0) is 19.1 Å². The Morgan fingerprint density at radius 3 is 2.50 bits per heavy atom. The molecule has 0 fully saturated rings. The lowest BCUT2D eigenvalue weighted by Gasteiger charge is -2.04. The molecule has 0 saturated heterocycles. The first-order chi connectivity index (χ1) is 8.45. The first-order valence-corrected chi connectivity index (χ1v) is 6.75. The standard InChI is InChI=1S/C12H15NO4S/c1-10-5-7-11(8-6-10)18(15,16)13-9-3-4-12(14)17-2/h3-8,13H,9H2,1-2H3. The van der Waals surface area contributed by atoms with Gasteiger partial charge in [-0.3, -0.25) is 0 Å². The van der Waals surface area contributed by atoms with E-state index in [0.717, 1.165) is 11.6 Å². The molecule has 0 aliphatic rings. The van der Waals surface area contributed by atoms with Crippen LogP contribution in [-0.2, 0) is 19.6 Å². The van der Waals surface area contributed by atoms with Crippen molar-refractivity contribution in [3.63, 3.8) is 0 Å². The Labute approximate surface area is 107 Å². The highest BCUT2D eigenvalue weighted by molar-refractivity contribution is 7.89. The van der Waals surface area contributed by atoms with Gasteiger partial charge in [-0.2, -0.15) is 0 Å². The molecule has 0 atom stereocenters. The van der Waals surface area contributed by atoms with Crippen molar-refractivity contribution in [3.8, 4) is 0 Å². The molecule has 1 aromatic carbocycles. The molecule has 6 heteroatoms. The first-order valence-electron chi connectivity index (χ1n) is 5.26. The van der Waals surface area contributed by atoms with E-state index < -0.39 is 16.0 Å². The third-order valence-electron chi connectivity index (χ3n) is 2.18. The number of hydrogen-bond donors (Lipinski definition) is 1. The van der Waals surface area contributed by atoms with Crippen LogP contribution < -0.4 is 4.72 Å². The smallest absolute Gasteiger partial charge is 0.330 e. The summed E-state index contributed by atoms with van der Waals surface area (Å²) < 4.78 is 30.3. The van der Waals surface area contributed by atoms with E-state index in [1.165, 1.54) is 25.3 Å². The summed E-state index contributed by atoms with van der Waals surface area (Å²) in [6.07, 6.45) is 2.55. The average molecular weight is 269 g/mol. The van der Waals surface area contributed by atoms with Gasteiger partial charge >= 0.3 is 5.97 Å². The zero-order valence-electron chi connectivity index (χ0n) is 10.2. The molecule has 0 radical (unpaired) electrons. The highest BCUT2D eigenvalue weighted by Gasteiger charge is 2.11. The molecule has 1 N–H and O–H groups in total. The van der Waals surface area contributed by atoms with E-state index >= 15 is 0 Å². The topological polar surface area (TPSA) is 72.5 Å². The fraction of sp³-hybridized carbons (Fsp3) is 0.250. The van der Waals surface area contributed by atoms with E-state index in [-0.39, 0.29) is 11.4 Å². The van der Waals surface area contributed by atoms with Gasteiger partial charge in [-0.15, -0.1) is 0 Å². The number of hydrogen-bond acceptors (Lipinski definition) is 4. The van der Waals surface area contributed by atoms with Crippen LogP contribution in [0.15, 0.2) is 41.3 Å². The van der Waals surface area contributed by atoms with Crippen molar-refractivity contribution < 1.29 is 17.9 Å². The molecule has 0 bridgehead atoms. The molecule has 0 heterocycles. The van der Waals surface area contributed by atoms with Crippen LogP contribution in [-0.4, -0.2) is 28.0 Å². The van der Waals surface area contributed by atoms with Gasteiger partial charge in [0.15, 0.2) is 0 Å². The Hall–Kier alpha value is -1.66. The van der Waals surface area contributed by atoms with Crippen LogP contribution >= 0.6 is 0 Å². The van der Waals surface area contributed by atoms with E-state index in [4.69, 9.17) is 0 Å². The summed E-state index contributed by atoms with van der Waals surface area (Å²) in [4.78, 5) is 11.0. The van der Waals surface area contributed by atoms with Crippen LogP contribution in [0.4, 0.5) is 0 Å². The number of methoxy groups -OCH3 is 1. The molecule has 0 saturated carbocycles. The van der Waals surface area contributed by atoms with Gasteiger partial charge in [-0.1, -0.05) is 23.8 Å². The molecule has 1 aromatic rings. The summed E-state index contributed by atoms with van der Waals surface area (Å²) >= 11 is 0. The predicted octanol–water partition coefficient (Wildman–Crippen LogP) is 1.00. The molecule has 5 nitrogen and oxygen atoms in total. The van der Waals surface area contributed by atoms with Gasteiger partial charge in [0.25, 0.3) is 0 Å². The van der Waals surface area contributed by atoms with Crippen molar-refractivity contribution in [2.45, 2.75) is 11.8 Å². The minimum absolute atomic E-state index is 0.0330. The van der Waals surface area contributed by atoms with Crippen molar-refractivity contribution in [1.82, 2.24) is 4.72 Å². The van der Waals surface area contributed by atoms with E-state index in [9.17, 15) is 13.2 Å². The van der Waals surface area contributed by atoms with Crippen LogP contribution in [0.1, 0.15) is 5.56 Å². The molecule has 98 valence electrons. The second-order valence-electron chi connectivity index (χ2n) is 3.59. The van der Waals surface area contributed by atoms with Gasteiger partial charge in [0.1, 0.15) is 0 Å². The largest absolute Gasteiger partial charge is 0.466 e. The molecule has 0 spiro atoms. The van der Waals surface area contributed by atoms with Crippen molar-refractivity contribution in [2.75, 3.05) is 13.7 Å². The van der Waals surface area contributed by atoms with Gasteiger partial charge in [0.05, 0.1) is 12.0 Å². The summed E-state index contributed by atoms with van der Waals surface area (Å²) in [6.45, 7) is 1.91. The lowest BCUT2D eigenvalue weighted by molar-refractivity contribution is -0.134. The van der Waals surface area contributed by atoms with Crippen molar-refractivity contribution in [2.24, 2.45) is 0 Å². The fourth-order valence-electron chi connectivity index (χ4n) is 1.18. The zero-order chi connectivity index (χ0) is 13.6. The van der Waals surface area contributed by atoms with Crippen LogP contribution in [0.2, 0.25) is 0 Å². The summed E-state index contributed by atoms with van der Waals surface area (Å²) in [5.41, 5.74) is 0.986. The third-order valence-corrected chi connectivity index (χ3v) is 3.62. The number of aryl methyl sites for hydroxylation is 1. The summed E-state index contributed by atoms with van der Waals surface area (Å²) in [5.74, 6) is -0.524. The summed E-state index contributed by atoms with van der Waals surface area (Å²) in [5, 5.41) is 0. The van der Waals surface area contributed by atoms with Crippen molar-refractivity contribution in [3.05, 3.63) is 42.0 Å². The Kier molecular flexibility index (Phi) is 5.06. The van der Waals surface area contributed by atoms with Crippen molar-refractivity contribution in [1.29, 1.82) is 0 Å². The maximum absolute atomic E-state index is 11.8. The monoisotopic (exact) mass is 269 g/mol. The Morgan fingerprint density at radius 1 is 1.33 bits per heavy atom. The molecule has 0 unspecified atom stereocenters. The summed E-state index contributed by atoms with van der Waals surface area (Å²) in [6, 6.07) is 6.50. The molecule has 0 amide bonds. The molecular formula is C12H15NO4S. The number of sulfonamides is 1. The highest BCUT2D eigenvalue weighted by Crippen LogP contribution is 2.09. The van der Waals surface area contributed by atoms with Gasteiger partial charge in [-0.25, -0.2) is 17.9 Å². The zero-order valence-corrected chi connectivity index (χ0v) is 11.0. The number of carbonyl (C=O) groups excluding carboxylic acids is 1. The van der Waals surface area contributed by atoms with Crippen LogP contribution in [0.3, 0.4) is 0 Å². The predicted molar refractivity (Wildman–Crippen MR) is 67.5 cm³/mol. The molecule has 0 aliphatic carbocycles. The number of benzene rings is 1. The van der Waals surface area contributed by atoms with Crippen LogP contribution in [0.5, 0.6) is 0 Å². The average Bonchev–Trinajstić information content (AvgIpc) is 2.35. The number of nitrogens with one attached hydrogen (secondary N) is 1. The normalized spacial score (nSPS) is 11.7. The lowest BCUT2D eigenvalue weighted by Crippen LogP contribution is -2.23. The number of esters is 1. The number of carbonyl (C=O) groups is 1. The van der Waals surface area contributed by atoms with Gasteiger partial charge < -0.3 is 4.74 Å². The Bertz CT molecular complexity index is 532. The lowest BCUT2D eigenvalue weighted by atomic mass is 10.2. The Balaban J connectivity index is 2.63. The second-order valence-corrected chi connectivity index (χ2v) is 5.36. The molecular weight excluding hydrogens is 254 g/mol. The maximum atomic E-state index is 11.8. The molecule has 0 aliphatic heterocycles. The SMILES string of the molecule is COC(=O)C=CCNS(=O)(=O)c1ccc(C)cc1. The third kappa shape index (κ3) is 4.31. The molecule has 0 aromatic heterocycles. The first kappa shape index (κ1) is 14.4. The maximum Gasteiger partial charge on any atom is 0.330 e. The quantitative estimate of drug-likeness (QED) is 0.639. The second kappa shape index (κ2) is 6.32. The summed E-state index contributed by atoms with van der Waals surface area (Å²) in [7, 11) is -2.28. The van der Waals surface area contributed by atoms with Crippen molar-refractivity contribution >= 4 is 16.0 Å². The van der Waals surface area contributed by atoms with E-state index in [0.29, 0.717) is 0 Å². The fourth-order valence-corrected chi connectivity index (χ4v) is 2.16.